The van der Waals surface area contributed by atoms with Gasteiger partial charge < -0.3 is 5.11 Å². The van der Waals surface area contributed by atoms with Gasteiger partial charge in [0.05, 0.1) is 6.10 Å². The molecule has 17 heavy (non-hydrogen) atoms. The smallest absolute Gasteiger partial charge is 0.387 e. The molecule has 0 spiro atoms. The molecule has 0 aliphatic heterocycles. The van der Waals surface area contributed by atoms with E-state index >= 15 is 0 Å². The van der Waals surface area contributed by atoms with Crippen LogP contribution in [0.4, 0.5) is 22.0 Å². The topological polar surface area (TPSA) is 33.1 Å². The zero-order valence-electron chi connectivity index (χ0n) is 8.72. The third kappa shape index (κ3) is 2.91. The van der Waals surface area contributed by atoms with Gasteiger partial charge in [-0.2, -0.15) is 22.0 Å². The van der Waals surface area contributed by atoms with E-state index in [1.807, 2.05) is 0 Å². The standard InChI is InChI=1S/C10H9F5NO/c1-6(17)5-7-3-2-4-16-8(7)9(11,12)10(13,14)15/h2-4,17H,5H2,1H3. The maximum atomic E-state index is 13.1. The number of rotatable bonds is 3. The van der Waals surface area contributed by atoms with Crippen LogP contribution in [0.25, 0.3) is 0 Å². The molecule has 1 rings (SSSR count). The van der Waals surface area contributed by atoms with E-state index in [1.165, 1.54) is 13.0 Å². The van der Waals surface area contributed by atoms with Crippen LogP contribution in [-0.4, -0.2) is 16.3 Å². The second-order valence-corrected chi connectivity index (χ2v) is 3.50. The number of halogens is 5. The number of aliphatic hydroxyl groups is 1. The Balaban J connectivity index is 3.22. The molecule has 95 valence electrons. The van der Waals surface area contributed by atoms with Crippen LogP contribution in [0.15, 0.2) is 18.3 Å². The van der Waals surface area contributed by atoms with Crippen LogP contribution in [0.5, 0.6) is 0 Å². The maximum absolute atomic E-state index is 13.1. The lowest BCUT2D eigenvalue weighted by Gasteiger charge is -2.21. The molecular formula is C10H9F5NO. The van der Waals surface area contributed by atoms with Crippen LogP contribution in [0.3, 0.4) is 0 Å². The first-order valence-corrected chi connectivity index (χ1v) is 4.56. The van der Waals surface area contributed by atoms with E-state index < -0.39 is 24.2 Å². The van der Waals surface area contributed by atoms with Crippen LogP contribution in [0.1, 0.15) is 18.2 Å². The van der Waals surface area contributed by atoms with Crippen molar-refractivity contribution in [3.63, 3.8) is 0 Å². The monoisotopic (exact) mass is 254 g/mol. The normalized spacial score (nSPS) is 13.2. The van der Waals surface area contributed by atoms with Crippen molar-refractivity contribution in [1.29, 1.82) is 0 Å². The van der Waals surface area contributed by atoms with Crippen molar-refractivity contribution < 1.29 is 27.1 Å². The molecule has 1 heterocycles. The summed E-state index contributed by atoms with van der Waals surface area (Å²) >= 11 is 0. The van der Waals surface area contributed by atoms with Crippen molar-refractivity contribution in [2.75, 3.05) is 0 Å². The Morgan fingerprint density at radius 2 is 1.88 bits per heavy atom. The van der Waals surface area contributed by atoms with Crippen LogP contribution in [0, 0.1) is 6.10 Å². The minimum absolute atomic E-state index is 0.266. The molecule has 0 fully saturated rings. The van der Waals surface area contributed by atoms with Crippen molar-refractivity contribution in [2.45, 2.75) is 25.4 Å². The predicted octanol–water partition coefficient (Wildman–Crippen LogP) is 3.20. The third-order valence-electron chi connectivity index (χ3n) is 1.99. The highest BCUT2D eigenvalue weighted by Gasteiger charge is 2.60. The Labute approximate surface area is 94.1 Å². The lowest BCUT2D eigenvalue weighted by Crippen LogP contribution is -2.35. The number of pyridine rings is 1. The second-order valence-electron chi connectivity index (χ2n) is 3.50. The van der Waals surface area contributed by atoms with E-state index in [9.17, 15) is 22.0 Å². The SMILES string of the molecule is C[C](O)Cc1cccnc1C(F)(F)C(F)(F)F. The molecule has 0 unspecified atom stereocenters. The second kappa shape index (κ2) is 4.56. The van der Waals surface area contributed by atoms with E-state index in [1.54, 1.807) is 0 Å². The average molecular weight is 254 g/mol. The van der Waals surface area contributed by atoms with E-state index in [4.69, 9.17) is 5.11 Å². The molecule has 0 atom stereocenters. The number of hydrogen-bond donors (Lipinski definition) is 1. The largest absolute Gasteiger partial charge is 0.459 e. The molecular weight excluding hydrogens is 245 g/mol. The number of hydrogen-bond acceptors (Lipinski definition) is 2. The van der Waals surface area contributed by atoms with Crippen LogP contribution < -0.4 is 0 Å². The maximum Gasteiger partial charge on any atom is 0.459 e. The van der Waals surface area contributed by atoms with E-state index in [0.29, 0.717) is 0 Å². The quantitative estimate of drug-likeness (QED) is 0.840. The van der Waals surface area contributed by atoms with E-state index in [-0.39, 0.29) is 11.7 Å². The molecule has 0 saturated heterocycles. The first kappa shape index (κ1) is 13.8. The van der Waals surface area contributed by atoms with E-state index in [0.717, 1.165) is 12.3 Å². The average Bonchev–Trinajstić information content (AvgIpc) is 2.15. The van der Waals surface area contributed by atoms with Gasteiger partial charge in [-0.25, -0.2) is 0 Å². The Hall–Kier alpha value is -1.24. The molecule has 2 nitrogen and oxygen atoms in total. The minimum atomic E-state index is -5.71. The summed E-state index contributed by atoms with van der Waals surface area (Å²) in [6.45, 7) is 1.21. The Kier molecular flexibility index (Phi) is 3.71. The van der Waals surface area contributed by atoms with E-state index in [2.05, 4.69) is 4.98 Å². The zero-order valence-corrected chi connectivity index (χ0v) is 8.72. The van der Waals surface area contributed by atoms with Gasteiger partial charge in [0, 0.05) is 12.6 Å². The fourth-order valence-corrected chi connectivity index (χ4v) is 1.27. The molecule has 1 N–H and O–H groups in total. The zero-order chi connectivity index (χ0) is 13.3. The van der Waals surface area contributed by atoms with Gasteiger partial charge in [0.15, 0.2) is 0 Å². The van der Waals surface area contributed by atoms with Gasteiger partial charge in [-0.1, -0.05) is 6.07 Å². The van der Waals surface area contributed by atoms with Crippen LogP contribution >= 0.6 is 0 Å². The van der Waals surface area contributed by atoms with Gasteiger partial charge >= 0.3 is 12.1 Å². The minimum Gasteiger partial charge on any atom is -0.387 e. The molecule has 0 saturated carbocycles. The summed E-state index contributed by atoms with van der Waals surface area (Å²) in [6, 6.07) is 2.30. The Morgan fingerprint density at radius 1 is 1.29 bits per heavy atom. The summed E-state index contributed by atoms with van der Waals surface area (Å²) in [5.74, 6) is -5.03. The van der Waals surface area contributed by atoms with Gasteiger partial charge in [-0.05, 0) is 18.6 Å². The molecule has 0 aromatic carbocycles. The van der Waals surface area contributed by atoms with Crippen LogP contribution in [0.2, 0.25) is 0 Å². The number of alkyl halides is 5. The lowest BCUT2D eigenvalue weighted by molar-refractivity contribution is -0.291. The van der Waals surface area contributed by atoms with Crippen LogP contribution in [-0.2, 0) is 12.3 Å². The summed E-state index contributed by atoms with van der Waals surface area (Å²) < 4.78 is 62.7. The lowest BCUT2D eigenvalue weighted by atomic mass is 10.0. The Bertz CT molecular complexity index is 389. The predicted molar refractivity (Wildman–Crippen MR) is 48.7 cm³/mol. The highest BCUT2D eigenvalue weighted by molar-refractivity contribution is 5.27. The summed E-state index contributed by atoms with van der Waals surface area (Å²) in [7, 11) is 0. The number of aromatic nitrogens is 1. The van der Waals surface area contributed by atoms with Crippen molar-refractivity contribution in [3.05, 3.63) is 35.7 Å². The van der Waals surface area contributed by atoms with Gasteiger partial charge in [0.2, 0.25) is 0 Å². The first-order chi connectivity index (χ1) is 7.66. The van der Waals surface area contributed by atoms with Crippen molar-refractivity contribution >= 4 is 0 Å². The summed E-state index contributed by atoms with van der Waals surface area (Å²) in [4.78, 5) is 3.08. The first-order valence-electron chi connectivity index (χ1n) is 4.56. The molecule has 1 radical (unpaired) electrons. The van der Waals surface area contributed by atoms with Gasteiger partial charge in [0.1, 0.15) is 5.69 Å². The Morgan fingerprint density at radius 3 is 2.35 bits per heavy atom. The van der Waals surface area contributed by atoms with Crippen molar-refractivity contribution in [2.24, 2.45) is 0 Å². The summed E-state index contributed by atoms with van der Waals surface area (Å²) in [6.07, 6.45) is -5.52. The summed E-state index contributed by atoms with van der Waals surface area (Å²) in [5.41, 5.74) is -1.73. The molecule has 0 aliphatic rings. The molecule has 1 aromatic rings. The molecule has 1 aromatic heterocycles. The molecule has 0 bridgehead atoms. The number of nitrogens with zero attached hydrogens (tertiary/aromatic N) is 1. The molecule has 7 heteroatoms. The fourth-order valence-electron chi connectivity index (χ4n) is 1.27. The molecule has 0 amide bonds. The van der Waals surface area contributed by atoms with Gasteiger partial charge in [0.25, 0.3) is 0 Å². The van der Waals surface area contributed by atoms with Gasteiger partial charge in [-0.3, -0.25) is 4.98 Å². The van der Waals surface area contributed by atoms with Crippen molar-refractivity contribution in [3.8, 4) is 0 Å². The highest BCUT2D eigenvalue weighted by atomic mass is 19.4. The van der Waals surface area contributed by atoms with Gasteiger partial charge in [-0.15, -0.1) is 0 Å². The molecule has 0 aliphatic carbocycles. The highest BCUT2D eigenvalue weighted by Crippen LogP contribution is 2.44. The number of aliphatic hydroxyl groups excluding tert-OH is 1. The fraction of sp³-hybridized carbons (Fsp3) is 0.400. The summed E-state index contributed by atoms with van der Waals surface area (Å²) in [5, 5.41) is 8.96. The van der Waals surface area contributed by atoms with Crippen molar-refractivity contribution in [1.82, 2.24) is 4.98 Å². The third-order valence-corrected chi connectivity index (χ3v) is 1.99.